The van der Waals surface area contributed by atoms with Crippen LogP contribution in [0, 0.1) is 11.3 Å². The summed E-state index contributed by atoms with van der Waals surface area (Å²) in [5.74, 6) is 1.99. The number of fused-ring (bicyclic) bond motifs is 1. The lowest BCUT2D eigenvalue weighted by molar-refractivity contribution is -0.113. The molecule has 0 bridgehead atoms. The second kappa shape index (κ2) is 8.65. The van der Waals surface area contributed by atoms with Gasteiger partial charge in [-0.25, -0.2) is 0 Å². The number of carbonyl (C=O) groups is 1. The van der Waals surface area contributed by atoms with E-state index in [9.17, 15) is 4.79 Å². The number of amides is 1. The van der Waals surface area contributed by atoms with Crippen LogP contribution in [0.2, 0.25) is 0 Å². The number of ether oxygens (including phenoxy) is 4. The van der Waals surface area contributed by atoms with E-state index in [2.05, 4.69) is 0 Å². The number of thiocarbonyl (C=S) groups is 1. The molecule has 152 valence electrons. The molecule has 0 N–H and O–H groups in total. The lowest BCUT2D eigenvalue weighted by Gasteiger charge is -2.14. The molecule has 2 aromatic carbocycles. The quantitative estimate of drug-likeness (QED) is 0.490. The first-order valence-electron chi connectivity index (χ1n) is 9.05. The van der Waals surface area contributed by atoms with E-state index in [4.69, 9.17) is 36.4 Å². The third-order valence-corrected chi connectivity index (χ3v) is 5.57. The summed E-state index contributed by atoms with van der Waals surface area (Å²) >= 11 is 6.66. The van der Waals surface area contributed by atoms with Crippen LogP contribution < -0.4 is 23.8 Å². The van der Waals surface area contributed by atoms with Gasteiger partial charge in [-0.15, -0.1) is 0 Å². The van der Waals surface area contributed by atoms with Crippen molar-refractivity contribution in [3.63, 3.8) is 0 Å². The number of anilines is 1. The standard InChI is InChI=1S/C21H16N2O5S2/c1-2-25-17-9-13(3-5-15(17)26-8-7-22)10-19-20(24)23(21(29)30-19)14-4-6-16-18(11-14)28-12-27-16/h3-6,9-11H,2,8,12H2,1H3/b19-10-. The van der Waals surface area contributed by atoms with Gasteiger partial charge in [-0.2, -0.15) is 5.26 Å². The highest BCUT2D eigenvalue weighted by atomic mass is 32.2. The van der Waals surface area contributed by atoms with Crippen molar-refractivity contribution in [2.75, 3.05) is 24.9 Å². The van der Waals surface area contributed by atoms with Crippen molar-refractivity contribution in [2.45, 2.75) is 6.92 Å². The highest BCUT2D eigenvalue weighted by Gasteiger charge is 2.34. The third-order valence-electron chi connectivity index (χ3n) is 4.27. The SMILES string of the molecule is CCOc1cc(/C=C2\SC(=S)N(c3ccc4c(c3)OCO4)C2=O)ccc1OCC#N. The molecule has 0 aromatic heterocycles. The first-order chi connectivity index (χ1) is 14.6. The molecule has 1 saturated heterocycles. The maximum absolute atomic E-state index is 13.0. The van der Waals surface area contributed by atoms with Crippen molar-refractivity contribution in [1.29, 1.82) is 5.26 Å². The number of rotatable bonds is 6. The Morgan fingerprint density at radius 2 is 2.03 bits per heavy atom. The van der Waals surface area contributed by atoms with Gasteiger partial charge in [0.25, 0.3) is 5.91 Å². The second-order valence-corrected chi connectivity index (χ2v) is 7.82. The summed E-state index contributed by atoms with van der Waals surface area (Å²) in [6.07, 6.45) is 1.75. The van der Waals surface area contributed by atoms with Crippen LogP contribution in [0.25, 0.3) is 6.08 Å². The fourth-order valence-electron chi connectivity index (χ4n) is 2.98. The van der Waals surface area contributed by atoms with E-state index in [-0.39, 0.29) is 19.3 Å². The average molecular weight is 441 g/mol. The van der Waals surface area contributed by atoms with Crippen LogP contribution in [-0.2, 0) is 4.79 Å². The highest BCUT2D eigenvalue weighted by molar-refractivity contribution is 8.27. The zero-order valence-electron chi connectivity index (χ0n) is 15.9. The van der Waals surface area contributed by atoms with Crippen LogP contribution in [0.15, 0.2) is 41.3 Å². The Bertz CT molecular complexity index is 1090. The molecule has 7 nitrogen and oxygen atoms in total. The van der Waals surface area contributed by atoms with Crippen molar-refractivity contribution in [1.82, 2.24) is 0 Å². The van der Waals surface area contributed by atoms with Crippen molar-refractivity contribution < 1.29 is 23.7 Å². The molecule has 0 saturated carbocycles. The van der Waals surface area contributed by atoms with Crippen molar-refractivity contribution in [2.24, 2.45) is 0 Å². The van der Waals surface area contributed by atoms with Crippen molar-refractivity contribution in [3.05, 3.63) is 46.9 Å². The number of nitrogens with zero attached hydrogens (tertiary/aromatic N) is 2. The van der Waals surface area contributed by atoms with Gasteiger partial charge in [0.05, 0.1) is 17.2 Å². The number of hydrogen-bond acceptors (Lipinski definition) is 8. The largest absolute Gasteiger partial charge is 0.490 e. The van der Waals surface area contributed by atoms with Gasteiger partial charge in [0.15, 0.2) is 33.9 Å². The summed E-state index contributed by atoms with van der Waals surface area (Å²) in [6, 6.07) is 12.5. The van der Waals surface area contributed by atoms with Crippen molar-refractivity contribution in [3.8, 4) is 29.1 Å². The topological polar surface area (TPSA) is 81.0 Å². The molecule has 2 heterocycles. The van der Waals surface area contributed by atoms with E-state index in [1.165, 1.54) is 16.7 Å². The predicted molar refractivity (Wildman–Crippen MR) is 117 cm³/mol. The summed E-state index contributed by atoms with van der Waals surface area (Å²) in [7, 11) is 0. The van der Waals surface area contributed by atoms with Crippen LogP contribution in [0.3, 0.4) is 0 Å². The van der Waals surface area contributed by atoms with Gasteiger partial charge in [0, 0.05) is 6.07 Å². The maximum Gasteiger partial charge on any atom is 0.270 e. The van der Waals surface area contributed by atoms with E-state index in [1.807, 2.05) is 13.0 Å². The first-order valence-corrected chi connectivity index (χ1v) is 10.3. The molecule has 0 radical (unpaired) electrons. The van der Waals surface area contributed by atoms with E-state index in [0.29, 0.717) is 44.5 Å². The van der Waals surface area contributed by atoms with E-state index in [1.54, 1.807) is 42.5 Å². The molecule has 2 aliphatic heterocycles. The van der Waals surface area contributed by atoms with Gasteiger partial charge in [0.2, 0.25) is 6.79 Å². The summed E-state index contributed by atoms with van der Waals surface area (Å²) in [5.41, 5.74) is 1.38. The number of benzene rings is 2. The minimum Gasteiger partial charge on any atom is -0.490 e. The predicted octanol–water partition coefficient (Wildman–Crippen LogP) is 4.12. The first kappa shape index (κ1) is 20.1. The molecule has 0 aliphatic carbocycles. The Balaban J connectivity index is 1.60. The zero-order valence-corrected chi connectivity index (χ0v) is 17.5. The van der Waals surface area contributed by atoms with E-state index in [0.717, 1.165) is 5.56 Å². The smallest absolute Gasteiger partial charge is 0.270 e. The molecule has 1 amide bonds. The number of hydrogen-bond donors (Lipinski definition) is 0. The van der Waals surface area contributed by atoms with Crippen LogP contribution >= 0.6 is 24.0 Å². The summed E-state index contributed by atoms with van der Waals surface area (Å²) < 4.78 is 22.1. The van der Waals surface area contributed by atoms with Gasteiger partial charge >= 0.3 is 0 Å². The summed E-state index contributed by atoms with van der Waals surface area (Å²) in [5, 5.41) is 8.72. The third kappa shape index (κ3) is 3.92. The highest BCUT2D eigenvalue weighted by Crippen LogP contribution is 2.41. The maximum atomic E-state index is 13.0. The number of nitriles is 1. The Labute approximate surface area is 182 Å². The summed E-state index contributed by atoms with van der Waals surface area (Å²) in [4.78, 5) is 15.0. The van der Waals surface area contributed by atoms with Gasteiger partial charge in [-0.3, -0.25) is 9.69 Å². The normalized spacial score (nSPS) is 16.1. The fraction of sp³-hybridized carbons (Fsp3) is 0.190. The molecule has 0 unspecified atom stereocenters. The minimum atomic E-state index is -0.216. The van der Waals surface area contributed by atoms with Gasteiger partial charge in [0.1, 0.15) is 6.07 Å². The fourth-order valence-corrected chi connectivity index (χ4v) is 4.28. The number of carbonyl (C=O) groups excluding carboxylic acids is 1. The van der Waals surface area contributed by atoms with Crippen LogP contribution in [0.5, 0.6) is 23.0 Å². The lowest BCUT2D eigenvalue weighted by Crippen LogP contribution is -2.27. The average Bonchev–Trinajstić information content (AvgIpc) is 3.31. The van der Waals surface area contributed by atoms with Gasteiger partial charge in [-0.1, -0.05) is 30.0 Å². The van der Waals surface area contributed by atoms with Crippen LogP contribution in [0.1, 0.15) is 12.5 Å². The molecular weight excluding hydrogens is 424 g/mol. The van der Waals surface area contributed by atoms with Crippen LogP contribution in [0.4, 0.5) is 5.69 Å². The molecule has 2 aromatic rings. The van der Waals surface area contributed by atoms with Crippen LogP contribution in [-0.4, -0.2) is 30.2 Å². The monoisotopic (exact) mass is 440 g/mol. The molecule has 1 fully saturated rings. The van der Waals surface area contributed by atoms with E-state index < -0.39 is 0 Å². The molecule has 9 heteroatoms. The zero-order chi connectivity index (χ0) is 21.1. The Kier molecular flexibility index (Phi) is 5.79. The molecule has 0 atom stereocenters. The molecule has 0 spiro atoms. The molecule has 4 rings (SSSR count). The Hall–Kier alpha value is -3.22. The Morgan fingerprint density at radius 3 is 2.83 bits per heavy atom. The Morgan fingerprint density at radius 1 is 1.20 bits per heavy atom. The minimum absolute atomic E-state index is 0.0758. The molecular formula is C21H16N2O5S2. The van der Waals surface area contributed by atoms with Gasteiger partial charge < -0.3 is 18.9 Å². The lowest BCUT2D eigenvalue weighted by atomic mass is 10.1. The van der Waals surface area contributed by atoms with Crippen molar-refractivity contribution >= 4 is 46.0 Å². The summed E-state index contributed by atoms with van der Waals surface area (Å²) in [6.45, 7) is 2.39. The second-order valence-electron chi connectivity index (χ2n) is 6.14. The molecule has 2 aliphatic rings. The van der Waals surface area contributed by atoms with Gasteiger partial charge in [-0.05, 0) is 42.8 Å². The molecule has 30 heavy (non-hydrogen) atoms. The number of thioether (sulfide) groups is 1. The van der Waals surface area contributed by atoms with E-state index >= 15 is 0 Å².